The molecule has 0 saturated heterocycles. The van der Waals surface area contributed by atoms with Crippen LogP contribution in [0.3, 0.4) is 0 Å². The average molecular weight is 271 g/mol. The van der Waals surface area contributed by atoms with Gasteiger partial charge in [0.15, 0.2) is 5.96 Å². The van der Waals surface area contributed by atoms with Gasteiger partial charge >= 0.3 is 6.61 Å². The molecule has 0 fully saturated rings. The van der Waals surface area contributed by atoms with Crippen molar-refractivity contribution >= 4 is 5.96 Å². The van der Waals surface area contributed by atoms with Crippen LogP contribution < -0.4 is 10.5 Å². The fraction of sp³-hybridized carbons (Fsp3) is 0.462. The lowest BCUT2D eigenvalue weighted by Crippen LogP contribution is -2.37. The van der Waals surface area contributed by atoms with Crippen molar-refractivity contribution < 1.29 is 13.5 Å². The third-order valence-corrected chi connectivity index (χ3v) is 2.69. The van der Waals surface area contributed by atoms with Gasteiger partial charge in [-0.05, 0) is 19.9 Å². The van der Waals surface area contributed by atoms with E-state index >= 15 is 0 Å². The third-order valence-electron chi connectivity index (χ3n) is 2.69. The van der Waals surface area contributed by atoms with Crippen LogP contribution in [0.5, 0.6) is 5.75 Å². The van der Waals surface area contributed by atoms with Crippen LogP contribution in [0.25, 0.3) is 0 Å². The minimum atomic E-state index is -2.84. The van der Waals surface area contributed by atoms with E-state index in [4.69, 9.17) is 5.73 Å². The van der Waals surface area contributed by atoms with E-state index in [0.29, 0.717) is 11.5 Å². The zero-order chi connectivity index (χ0) is 14.3. The van der Waals surface area contributed by atoms with E-state index in [2.05, 4.69) is 9.73 Å². The molecule has 0 aliphatic rings. The van der Waals surface area contributed by atoms with Crippen molar-refractivity contribution in [2.45, 2.75) is 27.0 Å². The van der Waals surface area contributed by atoms with Crippen molar-refractivity contribution in [1.29, 1.82) is 0 Å². The van der Waals surface area contributed by atoms with Gasteiger partial charge in [-0.25, -0.2) is 4.99 Å². The number of hydrogen-bond donors (Lipinski definition) is 1. The average Bonchev–Trinajstić information content (AvgIpc) is 2.38. The first-order chi connectivity index (χ1) is 9.08. The van der Waals surface area contributed by atoms with Gasteiger partial charge in [0.05, 0.1) is 6.54 Å². The Hall–Kier alpha value is -1.85. The molecule has 0 aliphatic heterocycles. The van der Waals surface area contributed by atoms with Crippen LogP contribution >= 0.6 is 0 Å². The maximum Gasteiger partial charge on any atom is 0.387 e. The summed E-state index contributed by atoms with van der Waals surface area (Å²) in [7, 11) is 0. The maximum atomic E-state index is 12.2. The van der Waals surface area contributed by atoms with Gasteiger partial charge in [-0.15, -0.1) is 0 Å². The number of nitrogens with zero attached hydrogens (tertiary/aromatic N) is 2. The third kappa shape index (κ3) is 4.73. The second kappa shape index (κ2) is 7.56. The van der Waals surface area contributed by atoms with E-state index in [9.17, 15) is 8.78 Å². The number of hydrogen-bond acceptors (Lipinski definition) is 2. The highest BCUT2D eigenvalue weighted by molar-refractivity contribution is 5.78. The Morgan fingerprint density at radius 1 is 1.32 bits per heavy atom. The minimum Gasteiger partial charge on any atom is -0.434 e. The number of halogens is 2. The normalized spacial score (nSPS) is 11.7. The number of benzene rings is 1. The van der Waals surface area contributed by atoms with Crippen LogP contribution in [0, 0.1) is 0 Å². The molecule has 0 amide bonds. The highest BCUT2D eigenvalue weighted by Gasteiger charge is 2.09. The molecule has 1 rings (SSSR count). The lowest BCUT2D eigenvalue weighted by atomic mass is 10.2. The SMILES string of the molecule is CCN(CC)C(N)=NCc1ccccc1OC(F)F. The van der Waals surface area contributed by atoms with Gasteiger partial charge in [-0.1, -0.05) is 18.2 Å². The molecular weight excluding hydrogens is 252 g/mol. The number of nitrogens with two attached hydrogens (primary N) is 1. The Morgan fingerprint density at radius 3 is 2.53 bits per heavy atom. The van der Waals surface area contributed by atoms with Gasteiger partial charge in [-0.2, -0.15) is 8.78 Å². The van der Waals surface area contributed by atoms with Gasteiger partial charge in [0.2, 0.25) is 0 Å². The van der Waals surface area contributed by atoms with Crippen LogP contribution in [-0.2, 0) is 6.54 Å². The molecule has 19 heavy (non-hydrogen) atoms. The molecule has 2 N–H and O–H groups in total. The summed E-state index contributed by atoms with van der Waals surface area (Å²) in [6.07, 6.45) is 0. The molecule has 106 valence electrons. The zero-order valence-electron chi connectivity index (χ0n) is 11.1. The van der Waals surface area contributed by atoms with E-state index in [0.717, 1.165) is 13.1 Å². The second-order valence-electron chi connectivity index (χ2n) is 3.83. The Morgan fingerprint density at radius 2 is 1.95 bits per heavy atom. The molecule has 0 atom stereocenters. The Balaban J connectivity index is 2.79. The molecule has 0 spiro atoms. The predicted octanol–water partition coefficient (Wildman–Crippen LogP) is 2.44. The van der Waals surface area contributed by atoms with Crippen LogP contribution in [0.4, 0.5) is 8.78 Å². The predicted molar refractivity (Wildman–Crippen MR) is 71.3 cm³/mol. The Labute approximate surface area is 111 Å². The van der Waals surface area contributed by atoms with Crippen molar-refractivity contribution in [2.75, 3.05) is 13.1 Å². The summed E-state index contributed by atoms with van der Waals surface area (Å²) in [5.41, 5.74) is 6.41. The summed E-state index contributed by atoms with van der Waals surface area (Å²) in [5, 5.41) is 0. The number of guanidine groups is 1. The van der Waals surface area contributed by atoms with Gasteiger partial charge in [0.25, 0.3) is 0 Å². The summed E-state index contributed by atoms with van der Waals surface area (Å²) in [6.45, 7) is 2.82. The summed E-state index contributed by atoms with van der Waals surface area (Å²) >= 11 is 0. The summed E-state index contributed by atoms with van der Waals surface area (Å²) in [4.78, 5) is 6.09. The summed E-state index contributed by atoms with van der Waals surface area (Å²) < 4.78 is 28.9. The van der Waals surface area contributed by atoms with Crippen molar-refractivity contribution in [2.24, 2.45) is 10.7 Å². The molecule has 1 aromatic rings. The number of alkyl halides is 2. The van der Waals surface area contributed by atoms with E-state index in [1.807, 2.05) is 18.7 Å². The quantitative estimate of drug-likeness (QED) is 0.638. The fourth-order valence-corrected chi connectivity index (χ4v) is 1.66. The van der Waals surface area contributed by atoms with Crippen molar-refractivity contribution in [3.05, 3.63) is 29.8 Å². The van der Waals surface area contributed by atoms with Gasteiger partial charge in [0.1, 0.15) is 5.75 Å². The number of rotatable bonds is 6. The van der Waals surface area contributed by atoms with E-state index in [-0.39, 0.29) is 12.3 Å². The molecular formula is C13H19F2N3O. The van der Waals surface area contributed by atoms with Crippen molar-refractivity contribution in [1.82, 2.24) is 4.90 Å². The molecule has 6 heteroatoms. The Kier molecular flexibility index (Phi) is 6.05. The molecule has 1 aromatic carbocycles. The van der Waals surface area contributed by atoms with Crippen LogP contribution in [0.1, 0.15) is 19.4 Å². The smallest absolute Gasteiger partial charge is 0.387 e. The highest BCUT2D eigenvalue weighted by Crippen LogP contribution is 2.20. The van der Waals surface area contributed by atoms with Crippen LogP contribution in [0.15, 0.2) is 29.3 Å². The van der Waals surface area contributed by atoms with Crippen molar-refractivity contribution in [3.63, 3.8) is 0 Å². The number of ether oxygens (including phenoxy) is 1. The summed E-state index contributed by atoms with van der Waals surface area (Å²) in [5.74, 6) is 0.533. The molecule has 0 aliphatic carbocycles. The maximum absolute atomic E-state index is 12.2. The highest BCUT2D eigenvalue weighted by atomic mass is 19.3. The zero-order valence-corrected chi connectivity index (χ0v) is 11.1. The molecule has 0 bridgehead atoms. The van der Waals surface area contributed by atoms with Crippen molar-refractivity contribution in [3.8, 4) is 5.75 Å². The number of para-hydroxylation sites is 1. The molecule has 4 nitrogen and oxygen atoms in total. The lowest BCUT2D eigenvalue weighted by molar-refractivity contribution is -0.0504. The second-order valence-corrected chi connectivity index (χ2v) is 3.83. The summed E-state index contributed by atoms with van der Waals surface area (Å²) in [6, 6.07) is 6.57. The standard InChI is InChI=1S/C13H19F2N3O/c1-3-18(4-2)13(16)17-9-10-7-5-6-8-11(10)19-12(14)15/h5-8,12H,3-4,9H2,1-2H3,(H2,16,17). The van der Waals surface area contributed by atoms with E-state index in [1.54, 1.807) is 18.2 Å². The van der Waals surface area contributed by atoms with Crippen LogP contribution in [0.2, 0.25) is 0 Å². The first kappa shape index (κ1) is 15.2. The fourth-order valence-electron chi connectivity index (χ4n) is 1.66. The monoisotopic (exact) mass is 271 g/mol. The molecule has 0 unspecified atom stereocenters. The minimum absolute atomic E-state index is 0.133. The van der Waals surface area contributed by atoms with Crippen LogP contribution in [-0.4, -0.2) is 30.6 Å². The molecule has 0 radical (unpaired) electrons. The Bertz CT molecular complexity index is 420. The van der Waals surface area contributed by atoms with E-state index in [1.165, 1.54) is 6.07 Å². The molecule has 0 saturated carbocycles. The largest absolute Gasteiger partial charge is 0.434 e. The molecule has 0 aromatic heterocycles. The molecule has 0 heterocycles. The van der Waals surface area contributed by atoms with Gasteiger partial charge < -0.3 is 15.4 Å². The van der Waals surface area contributed by atoms with E-state index < -0.39 is 6.61 Å². The van der Waals surface area contributed by atoms with Gasteiger partial charge in [0, 0.05) is 18.7 Å². The lowest BCUT2D eigenvalue weighted by Gasteiger charge is -2.19. The first-order valence-electron chi connectivity index (χ1n) is 6.16. The number of aliphatic imine (C=N–C) groups is 1. The first-order valence-corrected chi connectivity index (χ1v) is 6.16. The van der Waals surface area contributed by atoms with Gasteiger partial charge in [-0.3, -0.25) is 0 Å². The topological polar surface area (TPSA) is 50.8 Å².